The summed E-state index contributed by atoms with van der Waals surface area (Å²) in [5, 5.41) is 14.9. The number of rotatable bonds is 3. The van der Waals surface area contributed by atoms with E-state index in [2.05, 4.69) is 39.8 Å². The highest BCUT2D eigenvalue weighted by molar-refractivity contribution is 7.17. The molecule has 3 heterocycles. The molecule has 152 valence electrons. The predicted octanol–water partition coefficient (Wildman–Crippen LogP) is 2.80. The average molecular weight is 425 g/mol. The van der Waals surface area contributed by atoms with Crippen LogP contribution in [0.1, 0.15) is 70.7 Å². The lowest BCUT2D eigenvalue weighted by atomic mass is 9.78. The van der Waals surface area contributed by atoms with Gasteiger partial charge in [0.25, 0.3) is 5.91 Å². The van der Waals surface area contributed by atoms with E-state index in [1.165, 1.54) is 11.3 Å². The Hall–Kier alpha value is -1.84. The van der Waals surface area contributed by atoms with Gasteiger partial charge in [-0.1, -0.05) is 30.4 Å². The first-order valence-corrected chi connectivity index (χ1v) is 10.1. The van der Waals surface area contributed by atoms with Gasteiger partial charge >= 0.3 is 0 Å². The zero-order valence-corrected chi connectivity index (χ0v) is 17.9. The minimum atomic E-state index is -0.328. The van der Waals surface area contributed by atoms with Crippen LogP contribution in [0.15, 0.2) is 0 Å². The second-order valence-electron chi connectivity index (χ2n) is 8.14. The summed E-state index contributed by atoms with van der Waals surface area (Å²) in [5.74, 6) is -0.224. The molecule has 28 heavy (non-hydrogen) atoms. The summed E-state index contributed by atoms with van der Waals surface area (Å²) in [6.45, 7) is 7.89. The lowest BCUT2D eigenvalue weighted by Crippen LogP contribution is -2.30. The molecule has 2 N–H and O–H groups in total. The zero-order chi connectivity index (χ0) is 19.2. The van der Waals surface area contributed by atoms with Crippen molar-refractivity contribution in [2.75, 3.05) is 18.4 Å². The number of fused-ring (bicyclic) bond motifs is 1. The Morgan fingerprint density at radius 3 is 2.71 bits per heavy atom. The van der Waals surface area contributed by atoms with Crippen LogP contribution >= 0.6 is 23.7 Å². The van der Waals surface area contributed by atoms with E-state index >= 15 is 0 Å². The second-order valence-corrected chi connectivity index (χ2v) is 9.14. The number of Topliss-reactive ketones (excluding diaryl/α,β-unsaturated/α-hetero) is 1. The summed E-state index contributed by atoms with van der Waals surface area (Å²) in [7, 11) is 0. The molecule has 0 aromatic carbocycles. The topological polar surface area (TPSA) is 102 Å². The minimum Gasteiger partial charge on any atom is -0.317 e. The number of piperidine rings is 1. The fourth-order valence-corrected chi connectivity index (χ4v) is 4.79. The van der Waals surface area contributed by atoms with E-state index in [-0.39, 0.29) is 35.6 Å². The van der Waals surface area contributed by atoms with Crippen LogP contribution in [-0.4, -0.2) is 44.8 Å². The molecule has 0 atom stereocenters. The Bertz CT molecular complexity index is 900. The number of nitrogens with zero attached hydrogens (tertiary/aromatic N) is 4. The third-order valence-corrected chi connectivity index (χ3v) is 6.31. The van der Waals surface area contributed by atoms with Gasteiger partial charge in [-0.3, -0.25) is 14.9 Å². The molecule has 4 rings (SSSR count). The molecular weight excluding hydrogens is 400 g/mol. The van der Waals surface area contributed by atoms with Crippen LogP contribution in [0.25, 0.3) is 0 Å². The molecule has 2 aromatic heterocycles. The van der Waals surface area contributed by atoms with Crippen LogP contribution in [0.2, 0.25) is 0 Å². The van der Waals surface area contributed by atoms with Gasteiger partial charge in [-0.25, -0.2) is 9.67 Å². The molecule has 2 aliphatic rings. The SMILES string of the molecule is Cc1c(C(=O)Nc2nc3c(s2)C(=O)CC(C)(C)C3)nnn1C1CCNCC1.Cl. The van der Waals surface area contributed by atoms with E-state index < -0.39 is 0 Å². The van der Waals surface area contributed by atoms with Crippen molar-refractivity contribution in [1.29, 1.82) is 0 Å². The number of carbonyl (C=O) groups is 2. The maximum absolute atomic E-state index is 12.7. The summed E-state index contributed by atoms with van der Waals surface area (Å²) >= 11 is 1.25. The number of hydrogen-bond donors (Lipinski definition) is 2. The van der Waals surface area contributed by atoms with Crippen LogP contribution in [0.3, 0.4) is 0 Å². The van der Waals surface area contributed by atoms with Gasteiger partial charge in [0, 0.05) is 6.42 Å². The molecule has 8 nitrogen and oxygen atoms in total. The lowest BCUT2D eigenvalue weighted by Gasteiger charge is -2.26. The summed E-state index contributed by atoms with van der Waals surface area (Å²) < 4.78 is 1.86. The highest BCUT2D eigenvalue weighted by Gasteiger charge is 2.34. The summed E-state index contributed by atoms with van der Waals surface area (Å²) in [5.41, 5.74) is 1.77. The molecule has 0 unspecified atom stereocenters. The third kappa shape index (κ3) is 3.97. The molecule has 1 fully saturated rings. The number of nitrogens with one attached hydrogen (secondary N) is 2. The number of ketones is 1. The number of aromatic nitrogens is 4. The van der Waals surface area contributed by atoms with Crippen molar-refractivity contribution in [3.05, 3.63) is 22.0 Å². The number of carbonyl (C=O) groups excluding carboxylic acids is 2. The highest BCUT2D eigenvalue weighted by atomic mass is 35.5. The summed E-state index contributed by atoms with van der Waals surface area (Å²) in [6.07, 6.45) is 3.20. The van der Waals surface area contributed by atoms with Gasteiger partial charge in [0.15, 0.2) is 16.6 Å². The molecule has 0 saturated carbocycles. The summed E-state index contributed by atoms with van der Waals surface area (Å²) in [4.78, 5) is 30.2. The van der Waals surface area contributed by atoms with Gasteiger partial charge in [-0.15, -0.1) is 17.5 Å². The third-order valence-electron chi connectivity index (χ3n) is 5.25. The first-order valence-electron chi connectivity index (χ1n) is 9.31. The van der Waals surface area contributed by atoms with Crippen molar-refractivity contribution in [2.24, 2.45) is 5.41 Å². The van der Waals surface area contributed by atoms with Crippen LogP contribution in [0, 0.1) is 12.3 Å². The van der Waals surface area contributed by atoms with Gasteiger partial charge in [-0.2, -0.15) is 0 Å². The van der Waals surface area contributed by atoms with Crippen LogP contribution < -0.4 is 10.6 Å². The van der Waals surface area contributed by atoms with Gasteiger partial charge < -0.3 is 5.32 Å². The molecule has 1 aliphatic carbocycles. The quantitative estimate of drug-likeness (QED) is 0.785. The van der Waals surface area contributed by atoms with Gasteiger partial charge in [0.05, 0.1) is 22.3 Å². The molecular formula is C18H25ClN6O2S. The fourth-order valence-electron chi connectivity index (χ4n) is 3.88. The Morgan fingerprint density at radius 1 is 1.29 bits per heavy atom. The van der Waals surface area contributed by atoms with Crippen LogP contribution in [-0.2, 0) is 6.42 Å². The monoisotopic (exact) mass is 424 g/mol. The fraction of sp³-hybridized carbons (Fsp3) is 0.611. The maximum Gasteiger partial charge on any atom is 0.279 e. The van der Waals surface area contributed by atoms with E-state index in [0.717, 1.165) is 43.7 Å². The number of amides is 1. The van der Waals surface area contributed by atoms with Crippen molar-refractivity contribution in [1.82, 2.24) is 25.3 Å². The van der Waals surface area contributed by atoms with E-state index in [1.54, 1.807) is 0 Å². The normalized spacial score (nSPS) is 19.0. The van der Waals surface area contributed by atoms with Crippen molar-refractivity contribution in [2.45, 2.75) is 52.5 Å². The number of anilines is 1. The number of halogens is 1. The zero-order valence-electron chi connectivity index (χ0n) is 16.2. The molecule has 10 heteroatoms. The van der Waals surface area contributed by atoms with Gasteiger partial charge in [-0.05, 0) is 44.7 Å². The largest absolute Gasteiger partial charge is 0.317 e. The Balaban J connectivity index is 0.00000225. The van der Waals surface area contributed by atoms with Gasteiger partial charge in [0.2, 0.25) is 0 Å². The second kappa shape index (κ2) is 7.88. The Morgan fingerprint density at radius 2 is 2.00 bits per heavy atom. The van der Waals surface area contributed by atoms with Crippen LogP contribution in [0.5, 0.6) is 0 Å². The predicted molar refractivity (Wildman–Crippen MR) is 110 cm³/mol. The molecule has 2 aromatic rings. The lowest BCUT2D eigenvalue weighted by molar-refractivity contribution is 0.0915. The highest BCUT2D eigenvalue weighted by Crippen LogP contribution is 2.38. The molecule has 1 aliphatic heterocycles. The van der Waals surface area contributed by atoms with E-state index in [4.69, 9.17) is 0 Å². The average Bonchev–Trinajstić information content (AvgIpc) is 3.18. The smallest absolute Gasteiger partial charge is 0.279 e. The van der Waals surface area contributed by atoms with E-state index in [1.807, 2.05) is 11.6 Å². The Kier molecular flexibility index (Phi) is 5.88. The number of hydrogen-bond acceptors (Lipinski definition) is 7. The van der Waals surface area contributed by atoms with E-state index in [0.29, 0.717) is 22.1 Å². The molecule has 0 spiro atoms. The van der Waals surface area contributed by atoms with Crippen molar-refractivity contribution >= 4 is 40.6 Å². The standard InChI is InChI=1S/C18H24N6O2S.ClH/c1-10-14(22-23-24(10)11-4-6-19-7-5-11)16(26)21-17-20-12-8-18(2,3)9-13(25)15(12)27-17;/h11,19H,4-9H2,1-3H3,(H,20,21,26);1H. The van der Waals surface area contributed by atoms with Crippen molar-refractivity contribution in [3.8, 4) is 0 Å². The minimum absolute atomic E-state index is 0. The van der Waals surface area contributed by atoms with Crippen molar-refractivity contribution in [3.63, 3.8) is 0 Å². The van der Waals surface area contributed by atoms with Crippen molar-refractivity contribution < 1.29 is 9.59 Å². The maximum atomic E-state index is 12.7. The first-order chi connectivity index (χ1) is 12.8. The molecule has 0 bridgehead atoms. The number of thiazole rings is 1. The van der Waals surface area contributed by atoms with Crippen LogP contribution in [0.4, 0.5) is 5.13 Å². The van der Waals surface area contributed by atoms with Gasteiger partial charge in [0.1, 0.15) is 0 Å². The molecule has 0 radical (unpaired) electrons. The first kappa shape index (κ1) is 20.9. The summed E-state index contributed by atoms with van der Waals surface area (Å²) in [6, 6.07) is 0.271. The molecule has 1 saturated heterocycles. The molecule has 1 amide bonds. The Labute approximate surface area is 173 Å². The van der Waals surface area contributed by atoms with E-state index in [9.17, 15) is 9.59 Å².